The van der Waals surface area contributed by atoms with Gasteiger partial charge in [0.15, 0.2) is 6.29 Å². The molecule has 0 radical (unpaired) electrons. The maximum Gasteiger partial charge on any atom is 0.156 e. The van der Waals surface area contributed by atoms with Gasteiger partial charge in [-0.3, -0.25) is 4.79 Å². The summed E-state index contributed by atoms with van der Waals surface area (Å²) in [6.07, 6.45) is 3.27. The van der Waals surface area contributed by atoms with E-state index in [9.17, 15) is 4.79 Å². The topological polar surface area (TPSA) is 54.9 Å². The van der Waals surface area contributed by atoms with Gasteiger partial charge < -0.3 is 5.32 Å². The Balaban J connectivity index is 2.02. The van der Waals surface area contributed by atoms with E-state index in [0.29, 0.717) is 23.6 Å². The third-order valence-electron chi connectivity index (χ3n) is 2.54. The van der Waals surface area contributed by atoms with Gasteiger partial charge in [0, 0.05) is 6.54 Å². The number of aldehydes is 1. The van der Waals surface area contributed by atoms with Crippen LogP contribution in [0.3, 0.4) is 0 Å². The molecule has 86 valence electrons. The molecular weight excluding hydrogens is 246 g/mol. The van der Waals surface area contributed by atoms with Crippen molar-refractivity contribution in [2.75, 3.05) is 23.4 Å². The summed E-state index contributed by atoms with van der Waals surface area (Å²) >= 11 is 7.76. The first-order valence-corrected chi connectivity index (χ1v) is 6.62. The van der Waals surface area contributed by atoms with Crippen LogP contribution in [0.15, 0.2) is 6.33 Å². The number of carbonyl (C=O) groups is 1. The van der Waals surface area contributed by atoms with E-state index in [4.69, 9.17) is 11.6 Å². The minimum Gasteiger partial charge on any atom is -0.369 e. The first-order valence-electron chi connectivity index (χ1n) is 5.08. The van der Waals surface area contributed by atoms with Crippen molar-refractivity contribution in [2.45, 2.75) is 6.42 Å². The highest BCUT2D eigenvalue weighted by atomic mass is 35.5. The first kappa shape index (κ1) is 11.7. The number of nitrogens with zero attached hydrogens (tertiary/aromatic N) is 2. The van der Waals surface area contributed by atoms with Crippen LogP contribution in [0, 0.1) is 5.92 Å². The summed E-state index contributed by atoms with van der Waals surface area (Å²) in [6.45, 7) is 0.835. The second-order valence-electron chi connectivity index (χ2n) is 3.66. The van der Waals surface area contributed by atoms with Crippen molar-refractivity contribution in [3.8, 4) is 0 Å². The molecular formula is C10H12ClN3OS. The second kappa shape index (κ2) is 5.50. The zero-order valence-corrected chi connectivity index (χ0v) is 10.2. The summed E-state index contributed by atoms with van der Waals surface area (Å²) in [5.74, 6) is 3.57. The van der Waals surface area contributed by atoms with E-state index in [1.807, 2.05) is 11.8 Å². The van der Waals surface area contributed by atoms with Gasteiger partial charge >= 0.3 is 0 Å². The number of nitrogens with one attached hydrogen (secondary N) is 1. The van der Waals surface area contributed by atoms with Gasteiger partial charge in [0.2, 0.25) is 0 Å². The molecule has 1 aliphatic heterocycles. The molecule has 4 nitrogen and oxygen atoms in total. The number of hydrogen-bond donors (Lipinski definition) is 1. The van der Waals surface area contributed by atoms with Crippen LogP contribution >= 0.6 is 23.4 Å². The fourth-order valence-corrected chi connectivity index (χ4v) is 3.07. The molecule has 1 aromatic rings. The summed E-state index contributed by atoms with van der Waals surface area (Å²) in [6, 6.07) is 0. The summed E-state index contributed by atoms with van der Waals surface area (Å²) in [5.41, 5.74) is 0.342. The highest BCUT2D eigenvalue weighted by Gasteiger charge is 2.16. The molecule has 0 spiro atoms. The van der Waals surface area contributed by atoms with Crippen LogP contribution in [0.2, 0.25) is 5.15 Å². The van der Waals surface area contributed by atoms with Crippen LogP contribution in [0.1, 0.15) is 16.8 Å². The van der Waals surface area contributed by atoms with Gasteiger partial charge in [-0.25, -0.2) is 9.97 Å². The lowest BCUT2D eigenvalue weighted by molar-refractivity contribution is 0.112. The van der Waals surface area contributed by atoms with Crippen molar-refractivity contribution in [1.82, 2.24) is 9.97 Å². The van der Waals surface area contributed by atoms with Gasteiger partial charge in [-0.15, -0.1) is 0 Å². The van der Waals surface area contributed by atoms with Crippen molar-refractivity contribution in [1.29, 1.82) is 0 Å². The van der Waals surface area contributed by atoms with E-state index < -0.39 is 0 Å². The fraction of sp³-hybridized carbons (Fsp3) is 0.500. The molecule has 6 heteroatoms. The average Bonchev–Trinajstić information content (AvgIpc) is 2.79. The summed E-state index contributed by atoms with van der Waals surface area (Å²) in [4.78, 5) is 18.6. The Labute approximate surface area is 103 Å². The molecule has 1 saturated heterocycles. The monoisotopic (exact) mass is 257 g/mol. The molecule has 1 aliphatic rings. The number of rotatable bonds is 4. The van der Waals surface area contributed by atoms with E-state index >= 15 is 0 Å². The first-order chi connectivity index (χ1) is 7.81. The van der Waals surface area contributed by atoms with Crippen LogP contribution in [0.5, 0.6) is 0 Å². The largest absolute Gasteiger partial charge is 0.369 e. The maximum absolute atomic E-state index is 10.8. The number of hydrogen-bond acceptors (Lipinski definition) is 5. The maximum atomic E-state index is 10.8. The highest BCUT2D eigenvalue weighted by Crippen LogP contribution is 2.24. The Morgan fingerprint density at radius 3 is 3.19 bits per heavy atom. The molecule has 0 aliphatic carbocycles. The molecule has 1 fully saturated rings. The van der Waals surface area contributed by atoms with Crippen LogP contribution in [0.4, 0.5) is 5.82 Å². The summed E-state index contributed by atoms with van der Waals surface area (Å²) in [7, 11) is 0. The SMILES string of the molecule is O=Cc1c(Cl)ncnc1NCC1CCSC1. The van der Waals surface area contributed by atoms with E-state index in [-0.39, 0.29) is 5.15 Å². The Bertz CT molecular complexity index is 382. The molecule has 1 atom stereocenters. The summed E-state index contributed by atoms with van der Waals surface area (Å²) < 4.78 is 0. The fourth-order valence-electron chi connectivity index (χ4n) is 1.60. The average molecular weight is 258 g/mol. The zero-order valence-electron chi connectivity index (χ0n) is 8.65. The predicted octanol–water partition coefficient (Wildman–Crippen LogP) is 2.11. The van der Waals surface area contributed by atoms with E-state index in [1.54, 1.807) is 0 Å². The Morgan fingerprint density at radius 2 is 2.50 bits per heavy atom. The van der Waals surface area contributed by atoms with Crippen molar-refractivity contribution in [2.24, 2.45) is 5.92 Å². The van der Waals surface area contributed by atoms with Gasteiger partial charge in [0.1, 0.15) is 17.3 Å². The molecule has 0 amide bonds. The Hall–Kier alpha value is -0.810. The number of anilines is 1. The Kier molecular flexibility index (Phi) is 4.01. The minimum absolute atomic E-state index is 0.202. The van der Waals surface area contributed by atoms with Crippen LogP contribution in [-0.4, -0.2) is 34.3 Å². The van der Waals surface area contributed by atoms with Crippen molar-refractivity contribution in [3.63, 3.8) is 0 Å². The van der Waals surface area contributed by atoms with E-state index in [2.05, 4.69) is 15.3 Å². The van der Waals surface area contributed by atoms with Crippen molar-refractivity contribution >= 4 is 35.5 Å². The zero-order chi connectivity index (χ0) is 11.4. The lowest BCUT2D eigenvalue weighted by Gasteiger charge is -2.11. The molecule has 2 rings (SSSR count). The van der Waals surface area contributed by atoms with Crippen LogP contribution in [-0.2, 0) is 0 Å². The quantitative estimate of drug-likeness (QED) is 0.661. The lowest BCUT2D eigenvalue weighted by atomic mass is 10.1. The van der Waals surface area contributed by atoms with Crippen molar-refractivity contribution in [3.05, 3.63) is 17.0 Å². The van der Waals surface area contributed by atoms with Gasteiger partial charge in [0.25, 0.3) is 0 Å². The number of carbonyl (C=O) groups excluding carboxylic acids is 1. The molecule has 2 heterocycles. The molecule has 16 heavy (non-hydrogen) atoms. The Morgan fingerprint density at radius 1 is 1.62 bits per heavy atom. The van der Waals surface area contributed by atoms with Gasteiger partial charge in [-0.05, 0) is 23.8 Å². The van der Waals surface area contributed by atoms with Gasteiger partial charge in [-0.2, -0.15) is 11.8 Å². The standard InChI is InChI=1S/C10H12ClN3OS/c11-9-8(4-15)10(14-6-13-9)12-3-7-1-2-16-5-7/h4,6-7H,1-3,5H2,(H,12,13,14). The third-order valence-corrected chi connectivity index (χ3v) is 4.07. The number of thioether (sulfide) groups is 1. The number of aromatic nitrogens is 2. The highest BCUT2D eigenvalue weighted by molar-refractivity contribution is 7.99. The van der Waals surface area contributed by atoms with Crippen molar-refractivity contribution < 1.29 is 4.79 Å². The lowest BCUT2D eigenvalue weighted by Crippen LogP contribution is -2.15. The molecule has 1 unspecified atom stereocenters. The second-order valence-corrected chi connectivity index (χ2v) is 5.16. The number of halogens is 1. The minimum atomic E-state index is 0.202. The normalized spacial score (nSPS) is 19.7. The van der Waals surface area contributed by atoms with Crippen LogP contribution < -0.4 is 5.32 Å². The van der Waals surface area contributed by atoms with Crippen LogP contribution in [0.25, 0.3) is 0 Å². The van der Waals surface area contributed by atoms with E-state index in [1.165, 1.54) is 24.3 Å². The summed E-state index contributed by atoms with van der Waals surface area (Å²) in [5, 5.41) is 3.37. The third kappa shape index (κ3) is 2.65. The van der Waals surface area contributed by atoms with Gasteiger partial charge in [-0.1, -0.05) is 11.6 Å². The predicted molar refractivity (Wildman–Crippen MR) is 66.4 cm³/mol. The molecule has 1 aromatic heterocycles. The molecule has 0 bridgehead atoms. The molecule has 1 N–H and O–H groups in total. The molecule has 0 aromatic carbocycles. The molecule has 0 saturated carbocycles. The van der Waals surface area contributed by atoms with Gasteiger partial charge in [0.05, 0.1) is 5.56 Å². The smallest absolute Gasteiger partial charge is 0.156 e. The van der Waals surface area contributed by atoms with E-state index in [0.717, 1.165) is 6.54 Å².